The average molecular weight is 549 g/mol. The van der Waals surface area contributed by atoms with Crippen LogP contribution in [-0.4, -0.2) is 34.0 Å². The van der Waals surface area contributed by atoms with Crippen molar-refractivity contribution in [2.75, 3.05) is 0 Å². The quantitative estimate of drug-likeness (QED) is 0.342. The van der Waals surface area contributed by atoms with Crippen molar-refractivity contribution < 1.29 is 18.3 Å². The molecule has 1 saturated carbocycles. The van der Waals surface area contributed by atoms with Gasteiger partial charge in [0.05, 0.1) is 11.4 Å². The molecule has 0 amide bonds. The predicted molar refractivity (Wildman–Crippen MR) is 149 cm³/mol. The molecule has 0 atom stereocenters. The van der Waals surface area contributed by atoms with Gasteiger partial charge in [-0.1, -0.05) is 30.4 Å². The first kappa shape index (κ1) is 26.0. The lowest BCUT2D eigenvalue weighted by Crippen LogP contribution is -2.11. The molecule has 0 spiro atoms. The molecule has 0 radical (unpaired) electrons. The number of aliphatic carboxylic acids is 1. The number of nitrogens with zero attached hydrogens (tertiary/aromatic N) is 3. The topological polar surface area (TPSA) is 128 Å². The number of sulfonamides is 1. The smallest absolute Gasteiger partial charge is 0.332 e. The third-order valence-corrected chi connectivity index (χ3v) is 8.53. The molecule has 3 heterocycles. The van der Waals surface area contributed by atoms with Crippen molar-refractivity contribution in [2.24, 2.45) is 5.14 Å². The zero-order chi connectivity index (χ0) is 27.0. The highest BCUT2D eigenvalue weighted by Crippen LogP contribution is 2.41. The number of pyridine rings is 1. The van der Waals surface area contributed by atoms with E-state index in [-0.39, 0.29) is 4.90 Å². The summed E-state index contributed by atoms with van der Waals surface area (Å²) in [5.41, 5.74) is 5.45. The van der Waals surface area contributed by atoms with Gasteiger partial charge in [-0.05, 0) is 69.0 Å². The molecule has 0 saturated heterocycles. The van der Waals surface area contributed by atoms with E-state index in [4.69, 9.17) is 15.1 Å². The maximum absolute atomic E-state index is 11.5. The molecule has 1 fully saturated rings. The van der Waals surface area contributed by atoms with E-state index in [2.05, 4.69) is 23.6 Å². The summed E-state index contributed by atoms with van der Waals surface area (Å²) in [4.78, 5) is 23.5. The number of rotatable bonds is 6. The highest BCUT2D eigenvalue weighted by molar-refractivity contribution is 7.89. The third-order valence-electron chi connectivity index (χ3n) is 6.50. The van der Waals surface area contributed by atoms with Crippen molar-refractivity contribution in [1.82, 2.24) is 14.5 Å². The van der Waals surface area contributed by atoms with E-state index in [0.29, 0.717) is 17.9 Å². The summed E-state index contributed by atoms with van der Waals surface area (Å²) in [7, 11) is -3.50. The van der Waals surface area contributed by atoms with Crippen LogP contribution in [0.15, 0.2) is 71.2 Å². The lowest BCUT2D eigenvalue weighted by Gasteiger charge is -2.07. The molecule has 3 aromatic heterocycles. The van der Waals surface area contributed by atoms with Crippen molar-refractivity contribution in [3.63, 3.8) is 0 Å². The van der Waals surface area contributed by atoms with Gasteiger partial charge in [-0.3, -0.25) is 0 Å². The number of allylic oxidation sites excluding steroid dienone is 3. The zero-order valence-corrected chi connectivity index (χ0v) is 22.7. The first-order valence-electron chi connectivity index (χ1n) is 12.3. The molecule has 10 heteroatoms. The second-order valence-corrected chi connectivity index (χ2v) is 12.2. The monoisotopic (exact) mass is 548 g/mol. The minimum atomic E-state index is -3.50. The second kappa shape index (κ2) is 10.3. The molecule has 0 bridgehead atoms. The molecular weight excluding hydrogens is 520 g/mol. The highest BCUT2D eigenvalue weighted by atomic mass is 32.2. The number of thiophene rings is 1. The van der Waals surface area contributed by atoms with Crippen LogP contribution >= 0.6 is 11.3 Å². The van der Waals surface area contributed by atoms with Crippen LogP contribution in [0.5, 0.6) is 0 Å². The maximum atomic E-state index is 11.5. The number of carboxylic acid groups (broad SMARTS) is 1. The van der Waals surface area contributed by atoms with Gasteiger partial charge in [0.2, 0.25) is 10.0 Å². The van der Waals surface area contributed by atoms with Gasteiger partial charge < -0.3 is 9.67 Å². The summed E-state index contributed by atoms with van der Waals surface area (Å²) in [5.74, 6) is 0.839. The summed E-state index contributed by atoms with van der Waals surface area (Å²) in [6.45, 7) is 4.85. The number of aryl methyl sites for hydroxylation is 2. The van der Waals surface area contributed by atoms with Crippen LogP contribution in [0.2, 0.25) is 0 Å². The fourth-order valence-electron chi connectivity index (χ4n) is 4.54. The minimum Gasteiger partial charge on any atom is -0.478 e. The van der Waals surface area contributed by atoms with Crippen LogP contribution in [-0.2, 0) is 21.4 Å². The molecule has 2 aliphatic rings. The molecule has 1 aromatic carbocycles. The van der Waals surface area contributed by atoms with E-state index in [9.17, 15) is 18.3 Å². The Morgan fingerprint density at radius 3 is 2.50 bits per heavy atom. The highest BCUT2D eigenvalue weighted by Gasteiger charge is 2.30. The van der Waals surface area contributed by atoms with Crippen molar-refractivity contribution in [3.8, 4) is 0 Å². The third kappa shape index (κ3) is 5.47. The van der Waals surface area contributed by atoms with Gasteiger partial charge in [-0.15, -0.1) is 11.3 Å². The van der Waals surface area contributed by atoms with Crippen molar-refractivity contribution in [2.45, 2.75) is 50.5 Å². The Labute approximate surface area is 225 Å². The molecule has 38 heavy (non-hydrogen) atoms. The summed E-state index contributed by atoms with van der Waals surface area (Å²) in [6, 6.07) is 14.1. The van der Waals surface area contributed by atoms with Crippen LogP contribution < -0.4 is 5.14 Å². The van der Waals surface area contributed by atoms with E-state index >= 15 is 0 Å². The summed E-state index contributed by atoms with van der Waals surface area (Å²) >= 11 is 1.66. The van der Waals surface area contributed by atoms with Crippen LogP contribution in [0.3, 0.4) is 0 Å². The number of hydrogen-bond acceptors (Lipinski definition) is 6. The Bertz CT molecular complexity index is 1700. The standard InChI is InChI=1S/C22H21N3O2S.C6H7NO2S/c1-12-10-13(2)23-21-19(12)24-20(14-6-7-14)25(21)11-15-8-9-18(28-15)16-4-3-5-17(16)22(26)27;7-10(8,9)6-4-2-1-3-5-6/h3-4,8-10,14H,5-7,11H2,1-2H3,(H,26,27);1-5H,(H2,7,8,9). The van der Waals surface area contributed by atoms with E-state index in [1.54, 1.807) is 29.5 Å². The number of aromatic nitrogens is 3. The largest absolute Gasteiger partial charge is 0.478 e. The molecule has 0 unspecified atom stereocenters. The Hall–Kier alpha value is -3.60. The normalized spacial score (nSPS) is 15.1. The number of imidazole rings is 1. The van der Waals surface area contributed by atoms with E-state index < -0.39 is 16.0 Å². The molecule has 8 nitrogen and oxygen atoms in total. The fourth-order valence-corrected chi connectivity index (χ4v) is 6.13. The number of carboxylic acids is 1. The molecule has 3 N–H and O–H groups in total. The molecule has 2 aliphatic carbocycles. The molecular formula is C28H28N4O4S2. The molecule has 6 rings (SSSR count). The van der Waals surface area contributed by atoms with Gasteiger partial charge in [0.15, 0.2) is 5.65 Å². The van der Waals surface area contributed by atoms with E-state index in [0.717, 1.165) is 39.7 Å². The average Bonchev–Trinajstić information content (AvgIpc) is 3.25. The van der Waals surface area contributed by atoms with Gasteiger partial charge >= 0.3 is 5.97 Å². The number of benzene rings is 1. The number of nitrogens with two attached hydrogens (primary N) is 1. The summed E-state index contributed by atoms with van der Waals surface area (Å²) in [6.07, 6.45) is 6.73. The van der Waals surface area contributed by atoms with Gasteiger partial charge in [-0.25, -0.2) is 28.3 Å². The lowest BCUT2D eigenvalue weighted by molar-refractivity contribution is -0.132. The van der Waals surface area contributed by atoms with Gasteiger partial charge in [0.1, 0.15) is 11.3 Å². The SMILES string of the molecule is Cc1cc(C)c2nc(C3CC3)n(Cc3ccc(C4=C(C(=O)O)CC=C4)s3)c2n1.NS(=O)(=O)c1ccccc1. The lowest BCUT2D eigenvalue weighted by atomic mass is 10.1. The second-order valence-electron chi connectivity index (χ2n) is 9.51. The van der Waals surface area contributed by atoms with Crippen LogP contribution in [0.25, 0.3) is 16.7 Å². The Balaban J connectivity index is 0.000000249. The van der Waals surface area contributed by atoms with Crippen LogP contribution in [0, 0.1) is 13.8 Å². The Morgan fingerprint density at radius 2 is 1.87 bits per heavy atom. The number of hydrogen-bond donors (Lipinski definition) is 2. The van der Waals surface area contributed by atoms with Crippen LogP contribution in [0.4, 0.5) is 0 Å². The summed E-state index contributed by atoms with van der Waals surface area (Å²) < 4.78 is 23.5. The molecule has 4 aromatic rings. The van der Waals surface area contributed by atoms with Crippen molar-refractivity contribution in [3.05, 3.63) is 93.1 Å². The molecule has 0 aliphatic heterocycles. The zero-order valence-electron chi connectivity index (χ0n) is 21.1. The predicted octanol–water partition coefficient (Wildman–Crippen LogP) is 5.17. The van der Waals surface area contributed by atoms with Crippen molar-refractivity contribution in [1.29, 1.82) is 0 Å². The first-order valence-corrected chi connectivity index (χ1v) is 14.6. The number of primary sulfonamides is 1. The van der Waals surface area contributed by atoms with Gasteiger partial charge in [-0.2, -0.15) is 0 Å². The summed E-state index contributed by atoms with van der Waals surface area (Å²) in [5, 5.41) is 14.2. The minimum absolute atomic E-state index is 0.148. The fraction of sp³-hybridized carbons (Fsp3) is 0.250. The maximum Gasteiger partial charge on any atom is 0.332 e. The van der Waals surface area contributed by atoms with Crippen LogP contribution in [0.1, 0.15) is 52.0 Å². The van der Waals surface area contributed by atoms with Crippen molar-refractivity contribution >= 4 is 44.1 Å². The number of carbonyl (C=O) groups is 1. The Morgan fingerprint density at radius 1 is 1.13 bits per heavy atom. The number of fused-ring (bicyclic) bond motifs is 1. The van der Waals surface area contributed by atoms with Gasteiger partial charge in [0, 0.05) is 32.5 Å². The Kier molecular flexibility index (Phi) is 7.04. The van der Waals surface area contributed by atoms with Gasteiger partial charge in [0.25, 0.3) is 0 Å². The van der Waals surface area contributed by atoms with E-state index in [1.165, 1.54) is 35.4 Å². The van der Waals surface area contributed by atoms with E-state index in [1.807, 2.05) is 25.1 Å². The molecule has 196 valence electrons. The first-order chi connectivity index (χ1) is 18.1.